The van der Waals surface area contributed by atoms with Crippen molar-refractivity contribution < 1.29 is 12.9 Å². The quantitative estimate of drug-likeness (QED) is 0.596. The number of nitrogens with zero attached hydrogens (tertiary/aromatic N) is 3. The standard InChI is InChI=1S/C23H27N3O3S/c1-16-7-5-8-17(15-16)21-24-22(29-25-21)20-9-6-14-26(20)30(27,28)19-12-10-18(11-13-19)23(2,3)4/h5,7-8,10-13,15,20H,6,9,14H2,1-4H3/t20-/m1/s1. The van der Waals surface area contributed by atoms with Crippen LogP contribution in [-0.4, -0.2) is 29.4 Å². The van der Waals surface area contributed by atoms with Gasteiger partial charge >= 0.3 is 0 Å². The molecule has 2 heterocycles. The predicted molar refractivity (Wildman–Crippen MR) is 115 cm³/mol. The van der Waals surface area contributed by atoms with Crippen molar-refractivity contribution in [2.24, 2.45) is 0 Å². The Kier molecular flexibility index (Phi) is 5.28. The largest absolute Gasteiger partial charge is 0.337 e. The minimum atomic E-state index is -3.65. The zero-order valence-corrected chi connectivity index (χ0v) is 18.6. The first-order chi connectivity index (χ1) is 14.2. The second-order valence-electron chi connectivity index (χ2n) is 8.87. The van der Waals surface area contributed by atoms with Gasteiger partial charge in [-0.05, 0) is 48.9 Å². The number of hydrogen-bond acceptors (Lipinski definition) is 5. The van der Waals surface area contributed by atoms with Crippen molar-refractivity contribution in [3.63, 3.8) is 0 Å². The van der Waals surface area contributed by atoms with Gasteiger partial charge in [0.25, 0.3) is 0 Å². The summed E-state index contributed by atoms with van der Waals surface area (Å²) < 4.78 is 33.7. The molecule has 1 fully saturated rings. The Labute approximate surface area is 178 Å². The average molecular weight is 426 g/mol. The van der Waals surface area contributed by atoms with Crippen molar-refractivity contribution in [2.75, 3.05) is 6.54 Å². The van der Waals surface area contributed by atoms with Crippen molar-refractivity contribution in [3.05, 3.63) is 65.5 Å². The Bertz CT molecular complexity index is 1140. The minimum Gasteiger partial charge on any atom is -0.337 e. The SMILES string of the molecule is Cc1cccc(-c2noc([C@H]3CCCN3S(=O)(=O)c3ccc(C(C)(C)C)cc3)n2)c1. The molecule has 2 aromatic carbocycles. The zero-order valence-electron chi connectivity index (χ0n) is 17.8. The Morgan fingerprint density at radius 3 is 2.50 bits per heavy atom. The van der Waals surface area contributed by atoms with Gasteiger partial charge in [0.05, 0.1) is 4.90 Å². The Balaban J connectivity index is 1.62. The summed E-state index contributed by atoms with van der Waals surface area (Å²) in [7, 11) is -3.65. The summed E-state index contributed by atoms with van der Waals surface area (Å²) in [4.78, 5) is 4.82. The van der Waals surface area contributed by atoms with Crippen LogP contribution < -0.4 is 0 Å². The number of benzene rings is 2. The Morgan fingerprint density at radius 1 is 1.10 bits per heavy atom. The van der Waals surface area contributed by atoms with E-state index in [1.165, 1.54) is 4.31 Å². The first kappa shape index (κ1) is 20.8. The topological polar surface area (TPSA) is 76.3 Å². The molecule has 1 aliphatic heterocycles. The van der Waals surface area contributed by atoms with E-state index in [0.29, 0.717) is 29.6 Å². The van der Waals surface area contributed by atoms with Crippen LogP contribution in [0.3, 0.4) is 0 Å². The minimum absolute atomic E-state index is 0.0333. The number of aryl methyl sites for hydroxylation is 1. The molecular weight excluding hydrogens is 398 g/mol. The van der Waals surface area contributed by atoms with Crippen LogP contribution in [0.1, 0.15) is 56.7 Å². The molecule has 0 N–H and O–H groups in total. The summed E-state index contributed by atoms with van der Waals surface area (Å²) in [6.07, 6.45) is 1.42. The lowest BCUT2D eigenvalue weighted by atomic mass is 9.87. The molecule has 0 saturated carbocycles. The van der Waals surface area contributed by atoms with E-state index in [4.69, 9.17) is 4.52 Å². The molecule has 1 aliphatic rings. The predicted octanol–water partition coefficient (Wildman–Crippen LogP) is 4.87. The monoisotopic (exact) mass is 425 g/mol. The maximum absolute atomic E-state index is 13.3. The number of sulfonamides is 1. The molecule has 7 heteroatoms. The lowest BCUT2D eigenvalue weighted by Gasteiger charge is -2.23. The third-order valence-corrected chi connectivity index (χ3v) is 7.46. The van der Waals surface area contributed by atoms with E-state index in [1.807, 2.05) is 43.3 Å². The molecule has 1 atom stereocenters. The summed E-state index contributed by atoms with van der Waals surface area (Å²) in [5.74, 6) is 0.825. The third kappa shape index (κ3) is 3.91. The van der Waals surface area contributed by atoms with E-state index in [1.54, 1.807) is 12.1 Å². The first-order valence-corrected chi connectivity index (χ1v) is 11.6. The fraction of sp³-hybridized carbons (Fsp3) is 0.391. The molecule has 0 bridgehead atoms. The Morgan fingerprint density at radius 2 is 1.83 bits per heavy atom. The number of hydrogen-bond donors (Lipinski definition) is 0. The van der Waals surface area contributed by atoms with Gasteiger partial charge in [-0.3, -0.25) is 0 Å². The van der Waals surface area contributed by atoms with E-state index in [0.717, 1.165) is 23.1 Å². The molecule has 30 heavy (non-hydrogen) atoms. The number of aromatic nitrogens is 2. The molecule has 0 spiro atoms. The lowest BCUT2D eigenvalue weighted by molar-refractivity contribution is 0.290. The zero-order chi connectivity index (χ0) is 21.5. The van der Waals surface area contributed by atoms with Gasteiger partial charge in [-0.2, -0.15) is 9.29 Å². The summed E-state index contributed by atoms with van der Waals surface area (Å²) in [5.41, 5.74) is 3.02. The number of rotatable bonds is 4. The van der Waals surface area contributed by atoms with Crippen molar-refractivity contribution in [1.82, 2.24) is 14.4 Å². The van der Waals surface area contributed by atoms with Crippen LogP contribution in [0.2, 0.25) is 0 Å². The van der Waals surface area contributed by atoms with Gasteiger partial charge in [0.1, 0.15) is 6.04 Å². The Hall–Kier alpha value is -2.51. The van der Waals surface area contributed by atoms with Crippen LogP contribution in [0.5, 0.6) is 0 Å². The van der Waals surface area contributed by atoms with Crippen LogP contribution in [0.25, 0.3) is 11.4 Å². The van der Waals surface area contributed by atoms with Crippen LogP contribution in [-0.2, 0) is 15.4 Å². The van der Waals surface area contributed by atoms with Gasteiger partial charge in [-0.25, -0.2) is 8.42 Å². The molecule has 0 amide bonds. The van der Waals surface area contributed by atoms with Crippen LogP contribution in [0.4, 0.5) is 0 Å². The van der Waals surface area contributed by atoms with Crippen molar-refractivity contribution in [2.45, 2.75) is 56.9 Å². The molecule has 0 radical (unpaired) electrons. The maximum Gasteiger partial charge on any atom is 0.245 e. The lowest BCUT2D eigenvalue weighted by Crippen LogP contribution is -2.31. The van der Waals surface area contributed by atoms with Crippen LogP contribution in [0, 0.1) is 6.92 Å². The van der Waals surface area contributed by atoms with Crippen molar-refractivity contribution in [1.29, 1.82) is 0 Å². The molecule has 1 saturated heterocycles. The van der Waals surface area contributed by atoms with E-state index < -0.39 is 16.1 Å². The molecule has 1 aromatic heterocycles. The van der Waals surface area contributed by atoms with Gasteiger partial charge in [0, 0.05) is 12.1 Å². The van der Waals surface area contributed by atoms with Gasteiger partial charge in [0.2, 0.25) is 21.7 Å². The van der Waals surface area contributed by atoms with Crippen molar-refractivity contribution in [3.8, 4) is 11.4 Å². The molecular formula is C23H27N3O3S. The molecule has 0 unspecified atom stereocenters. The van der Waals surface area contributed by atoms with E-state index in [-0.39, 0.29) is 5.41 Å². The van der Waals surface area contributed by atoms with E-state index in [2.05, 4.69) is 30.9 Å². The van der Waals surface area contributed by atoms with Crippen LogP contribution in [0.15, 0.2) is 57.9 Å². The van der Waals surface area contributed by atoms with Gasteiger partial charge in [0.15, 0.2) is 0 Å². The van der Waals surface area contributed by atoms with Gasteiger partial charge in [-0.15, -0.1) is 0 Å². The van der Waals surface area contributed by atoms with E-state index in [9.17, 15) is 8.42 Å². The fourth-order valence-corrected chi connectivity index (χ4v) is 5.46. The molecule has 0 aliphatic carbocycles. The summed E-state index contributed by atoms with van der Waals surface area (Å²) in [6, 6.07) is 14.6. The first-order valence-electron chi connectivity index (χ1n) is 10.2. The highest BCUT2D eigenvalue weighted by Gasteiger charge is 2.39. The second-order valence-corrected chi connectivity index (χ2v) is 10.8. The summed E-state index contributed by atoms with van der Waals surface area (Å²) >= 11 is 0. The van der Waals surface area contributed by atoms with Crippen LogP contribution >= 0.6 is 0 Å². The molecule has 3 aromatic rings. The van der Waals surface area contributed by atoms with Gasteiger partial charge < -0.3 is 4.52 Å². The highest BCUT2D eigenvalue weighted by atomic mass is 32.2. The smallest absolute Gasteiger partial charge is 0.245 e. The van der Waals surface area contributed by atoms with Crippen molar-refractivity contribution >= 4 is 10.0 Å². The fourth-order valence-electron chi connectivity index (χ4n) is 3.81. The normalized spacial score (nSPS) is 18.1. The average Bonchev–Trinajstić information content (AvgIpc) is 3.37. The highest BCUT2D eigenvalue weighted by molar-refractivity contribution is 7.89. The van der Waals surface area contributed by atoms with E-state index >= 15 is 0 Å². The maximum atomic E-state index is 13.3. The molecule has 6 nitrogen and oxygen atoms in total. The molecule has 4 rings (SSSR count). The molecule has 158 valence electrons. The highest BCUT2D eigenvalue weighted by Crippen LogP contribution is 2.37. The van der Waals surface area contributed by atoms with Gasteiger partial charge in [-0.1, -0.05) is 61.8 Å². The second kappa shape index (κ2) is 7.63. The third-order valence-electron chi connectivity index (χ3n) is 5.53. The summed E-state index contributed by atoms with van der Waals surface area (Å²) in [6.45, 7) is 8.76. The summed E-state index contributed by atoms with van der Waals surface area (Å²) in [5, 5.41) is 4.09.